The molecule has 1 rings (SSSR count). The summed E-state index contributed by atoms with van der Waals surface area (Å²) in [5, 5.41) is 8.51. The van der Waals surface area contributed by atoms with Crippen LogP contribution in [0.15, 0.2) is 12.5 Å². The minimum absolute atomic E-state index is 0.190. The average molecular weight is 216 g/mol. The van der Waals surface area contributed by atoms with Gasteiger partial charge < -0.3 is 5.11 Å². The van der Waals surface area contributed by atoms with Crippen molar-refractivity contribution in [1.82, 2.24) is 9.97 Å². The Labute approximate surface area is 85.0 Å². The fraction of sp³-hybridized carbons (Fsp3) is 0.444. The molecule has 0 aromatic carbocycles. The highest BCUT2D eigenvalue weighted by molar-refractivity contribution is 5.68. The summed E-state index contributed by atoms with van der Waals surface area (Å²) in [6, 6.07) is 0. The van der Waals surface area contributed by atoms with Crippen molar-refractivity contribution < 1.29 is 18.7 Å². The zero-order valence-corrected chi connectivity index (χ0v) is 8.02. The first-order valence-electron chi connectivity index (χ1n) is 4.28. The smallest absolute Gasteiger partial charge is 0.304 e. The van der Waals surface area contributed by atoms with Gasteiger partial charge in [-0.25, -0.2) is 18.7 Å². The predicted octanol–water partition coefficient (Wildman–Crippen LogP) is 1.61. The molecule has 1 heterocycles. The van der Waals surface area contributed by atoms with Gasteiger partial charge in [0.05, 0.1) is 12.3 Å². The summed E-state index contributed by atoms with van der Waals surface area (Å²) in [5.41, 5.74) is 0.575. The van der Waals surface area contributed by atoms with Crippen LogP contribution in [0.25, 0.3) is 0 Å². The molecule has 0 aliphatic carbocycles. The SMILES string of the molecule is Cc1ncncc1C(CC(=O)O)C(F)F. The van der Waals surface area contributed by atoms with Crippen LogP contribution in [0, 0.1) is 6.92 Å². The van der Waals surface area contributed by atoms with E-state index in [-0.39, 0.29) is 5.56 Å². The zero-order valence-electron chi connectivity index (χ0n) is 8.02. The van der Waals surface area contributed by atoms with Crippen molar-refractivity contribution in [3.05, 3.63) is 23.8 Å². The third-order valence-electron chi connectivity index (χ3n) is 2.05. The first kappa shape index (κ1) is 11.5. The maximum atomic E-state index is 12.6. The van der Waals surface area contributed by atoms with Crippen molar-refractivity contribution in [2.24, 2.45) is 0 Å². The molecular formula is C9H10F2N2O2. The van der Waals surface area contributed by atoms with Crippen molar-refractivity contribution in [2.45, 2.75) is 25.7 Å². The molecule has 1 aromatic rings. The van der Waals surface area contributed by atoms with Gasteiger partial charge in [0.15, 0.2) is 0 Å². The molecule has 4 nitrogen and oxygen atoms in total. The van der Waals surface area contributed by atoms with E-state index in [1.807, 2.05) is 0 Å². The lowest BCUT2D eigenvalue weighted by atomic mass is 9.96. The first-order chi connectivity index (χ1) is 7.02. The number of halogens is 2. The summed E-state index contributed by atoms with van der Waals surface area (Å²) in [5.74, 6) is -2.60. The molecule has 0 saturated carbocycles. The normalized spacial score (nSPS) is 12.8. The Hall–Kier alpha value is -1.59. The third-order valence-corrected chi connectivity index (χ3v) is 2.05. The third kappa shape index (κ3) is 2.93. The Kier molecular flexibility index (Phi) is 3.65. The van der Waals surface area contributed by atoms with Crippen LogP contribution in [-0.4, -0.2) is 27.5 Å². The number of nitrogens with zero attached hydrogens (tertiary/aromatic N) is 2. The standard InChI is InChI=1S/C9H10F2N2O2/c1-5-7(3-12-4-13-5)6(9(10)11)2-8(14)15/h3-4,6,9H,2H2,1H3,(H,14,15). The molecule has 1 atom stereocenters. The molecule has 15 heavy (non-hydrogen) atoms. The average Bonchev–Trinajstić information content (AvgIpc) is 2.15. The Bertz CT molecular complexity index is 358. The zero-order chi connectivity index (χ0) is 11.4. The molecule has 0 saturated heterocycles. The Morgan fingerprint density at radius 2 is 2.27 bits per heavy atom. The van der Waals surface area contributed by atoms with E-state index in [0.717, 1.165) is 0 Å². The molecule has 1 aromatic heterocycles. The molecule has 0 aliphatic rings. The second-order valence-corrected chi connectivity index (χ2v) is 3.10. The second kappa shape index (κ2) is 4.77. The number of carboxylic acid groups (broad SMARTS) is 1. The molecule has 6 heteroatoms. The second-order valence-electron chi connectivity index (χ2n) is 3.10. The largest absolute Gasteiger partial charge is 0.481 e. The number of aromatic nitrogens is 2. The maximum Gasteiger partial charge on any atom is 0.304 e. The lowest BCUT2D eigenvalue weighted by molar-refractivity contribution is -0.138. The van der Waals surface area contributed by atoms with Gasteiger partial charge in [-0.3, -0.25) is 4.79 Å². The van der Waals surface area contributed by atoms with Crippen LogP contribution in [0.2, 0.25) is 0 Å². The summed E-state index contributed by atoms with van der Waals surface area (Å²) >= 11 is 0. The Morgan fingerprint density at radius 3 is 2.73 bits per heavy atom. The quantitative estimate of drug-likeness (QED) is 0.830. The Morgan fingerprint density at radius 1 is 1.60 bits per heavy atom. The van der Waals surface area contributed by atoms with E-state index >= 15 is 0 Å². The molecule has 82 valence electrons. The van der Waals surface area contributed by atoms with Gasteiger partial charge in [-0.1, -0.05) is 0 Å². The topological polar surface area (TPSA) is 63.1 Å². The highest BCUT2D eigenvalue weighted by atomic mass is 19.3. The van der Waals surface area contributed by atoms with Crippen LogP contribution in [-0.2, 0) is 4.79 Å². The molecule has 0 radical (unpaired) electrons. The van der Waals surface area contributed by atoms with Gasteiger partial charge in [-0.15, -0.1) is 0 Å². The van der Waals surface area contributed by atoms with Gasteiger partial charge >= 0.3 is 5.97 Å². The van der Waals surface area contributed by atoms with Gasteiger partial charge in [0.2, 0.25) is 6.43 Å². The number of hydrogen-bond donors (Lipinski definition) is 1. The van der Waals surface area contributed by atoms with Crippen LogP contribution in [0.5, 0.6) is 0 Å². The number of carboxylic acids is 1. The van der Waals surface area contributed by atoms with Crippen LogP contribution >= 0.6 is 0 Å². The monoisotopic (exact) mass is 216 g/mol. The number of alkyl halides is 2. The van der Waals surface area contributed by atoms with Crippen molar-refractivity contribution in [3.8, 4) is 0 Å². The molecular weight excluding hydrogens is 206 g/mol. The number of hydrogen-bond acceptors (Lipinski definition) is 3. The lowest BCUT2D eigenvalue weighted by Crippen LogP contribution is -2.16. The molecule has 0 aliphatic heterocycles. The molecule has 0 bridgehead atoms. The number of aliphatic carboxylic acids is 1. The van der Waals surface area contributed by atoms with E-state index in [1.54, 1.807) is 6.92 Å². The minimum Gasteiger partial charge on any atom is -0.481 e. The molecule has 0 amide bonds. The highest BCUT2D eigenvalue weighted by Gasteiger charge is 2.27. The van der Waals surface area contributed by atoms with Gasteiger partial charge in [0, 0.05) is 17.5 Å². The Balaban J connectivity index is 2.99. The van der Waals surface area contributed by atoms with Gasteiger partial charge in [0.1, 0.15) is 6.33 Å². The van der Waals surface area contributed by atoms with Gasteiger partial charge in [-0.05, 0) is 6.92 Å². The highest BCUT2D eigenvalue weighted by Crippen LogP contribution is 2.27. The molecule has 0 fully saturated rings. The van der Waals surface area contributed by atoms with E-state index in [4.69, 9.17) is 5.11 Å². The van der Waals surface area contributed by atoms with Crippen molar-refractivity contribution >= 4 is 5.97 Å². The number of rotatable bonds is 4. The van der Waals surface area contributed by atoms with E-state index in [9.17, 15) is 13.6 Å². The van der Waals surface area contributed by atoms with E-state index in [0.29, 0.717) is 5.69 Å². The fourth-order valence-corrected chi connectivity index (χ4v) is 1.29. The van der Waals surface area contributed by atoms with Gasteiger partial charge in [-0.2, -0.15) is 0 Å². The van der Waals surface area contributed by atoms with Crippen molar-refractivity contribution in [2.75, 3.05) is 0 Å². The summed E-state index contributed by atoms with van der Waals surface area (Å²) in [7, 11) is 0. The number of carbonyl (C=O) groups is 1. The predicted molar refractivity (Wildman–Crippen MR) is 47.8 cm³/mol. The minimum atomic E-state index is -2.73. The fourth-order valence-electron chi connectivity index (χ4n) is 1.29. The van der Waals surface area contributed by atoms with Gasteiger partial charge in [0.25, 0.3) is 0 Å². The van der Waals surface area contributed by atoms with E-state index in [1.165, 1.54) is 12.5 Å². The molecule has 1 unspecified atom stereocenters. The van der Waals surface area contributed by atoms with Crippen LogP contribution in [0.4, 0.5) is 8.78 Å². The number of aryl methyl sites for hydroxylation is 1. The summed E-state index contributed by atoms with van der Waals surface area (Å²) in [6.45, 7) is 1.55. The van der Waals surface area contributed by atoms with Crippen LogP contribution in [0.3, 0.4) is 0 Å². The van der Waals surface area contributed by atoms with E-state index in [2.05, 4.69) is 9.97 Å². The van der Waals surface area contributed by atoms with Crippen molar-refractivity contribution in [3.63, 3.8) is 0 Å². The van der Waals surface area contributed by atoms with E-state index < -0.39 is 24.7 Å². The first-order valence-corrected chi connectivity index (χ1v) is 4.28. The summed E-state index contributed by atoms with van der Waals surface area (Å²) in [6.07, 6.45) is -0.873. The molecule has 0 spiro atoms. The summed E-state index contributed by atoms with van der Waals surface area (Å²) in [4.78, 5) is 17.8. The van der Waals surface area contributed by atoms with Crippen LogP contribution < -0.4 is 0 Å². The van der Waals surface area contributed by atoms with Crippen molar-refractivity contribution in [1.29, 1.82) is 0 Å². The lowest BCUT2D eigenvalue weighted by Gasteiger charge is -2.14. The summed E-state index contributed by atoms with van der Waals surface area (Å²) < 4.78 is 25.2. The van der Waals surface area contributed by atoms with Crippen LogP contribution in [0.1, 0.15) is 23.6 Å². The maximum absolute atomic E-state index is 12.6. The molecule has 1 N–H and O–H groups in total.